The molecule has 0 spiro atoms. The van der Waals surface area contributed by atoms with Gasteiger partial charge in [-0.3, -0.25) is 4.79 Å². The van der Waals surface area contributed by atoms with E-state index in [2.05, 4.69) is 10.6 Å². The molecule has 6 nitrogen and oxygen atoms in total. The molecule has 0 saturated carbocycles. The Kier molecular flexibility index (Phi) is 6.83. The van der Waals surface area contributed by atoms with E-state index in [9.17, 15) is 9.59 Å². The fourth-order valence-electron chi connectivity index (χ4n) is 2.48. The van der Waals surface area contributed by atoms with Crippen LogP contribution in [0.25, 0.3) is 0 Å². The van der Waals surface area contributed by atoms with Gasteiger partial charge in [0.25, 0.3) is 0 Å². The molecule has 0 aliphatic heterocycles. The van der Waals surface area contributed by atoms with E-state index in [1.807, 2.05) is 54.6 Å². The molecule has 2 aromatic carbocycles. The maximum absolute atomic E-state index is 12.4. The molecule has 1 atom stereocenters. The highest BCUT2D eigenvalue weighted by molar-refractivity contribution is 5.86. The Hall–Kier alpha value is -3.02. The van der Waals surface area contributed by atoms with Gasteiger partial charge in [0.15, 0.2) is 0 Å². The molecule has 0 fully saturated rings. The van der Waals surface area contributed by atoms with Crippen molar-refractivity contribution in [3.8, 4) is 5.75 Å². The molecule has 2 aromatic rings. The van der Waals surface area contributed by atoms with Crippen molar-refractivity contribution in [2.45, 2.75) is 18.9 Å². The minimum Gasteiger partial charge on any atom is -0.497 e. The number of hydrogen-bond acceptors (Lipinski definition) is 3. The zero-order valence-corrected chi connectivity index (χ0v) is 14.2. The normalized spacial score (nSPS) is 11.4. The van der Waals surface area contributed by atoms with Gasteiger partial charge in [-0.1, -0.05) is 42.5 Å². The third kappa shape index (κ3) is 6.18. The van der Waals surface area contributed by atoms with Crippen molar-refractivity contribution >= 4 is 11.9 Å². The average molecular weight is 341 g/mol. The molecule has 25 heavy (non-hydrogen) atoms. The smallest absolute Gasteiger partial charge is 0.312 e. The van der Waals surface area contributed by atoms with Crippen LogP contribution in [0.5, 0.6) is 5.75 Å². The molecule has 0 radical (unpaired) electrons. The molecule has 0 bridgehead atoms. The monoisotopic (exact) mass is 341 g/mol. The summed E-state index contributed by atoms with van der Waals surface area (Å²) < 4.78 is 5.12. The summed E-state index contributed by atoms with van der Waals surface area (Å²) in [7, 11) is 1.62. The highest BCUT2D eigenvalue weighted by atomic mass is 16.5. The van der Waals surface area contributed by atoms with E-state index in [0.717, 1.165) is 16.9 Å². The maximum Gasteiger partial charge on any atom is 0.312 e. The van der Waals surface area contributed by atoms with Crippen molar-refractivity contribution in [3.05, 3.63) is 65.7 Å². The zero-order chi connectivity index (χ0) is 18.1. The van der Waals surface area contributed by atoms with Gasteiger partial charge in [0, 0.05) is 13.0 Å². The van der Waals surface area contributed by atoms with Crippen molar-refractivity contribution in [3.63, 3.8) is 0 Å². The number of carbonyl (C=O) groups is 2. The Morgan fingerprint density at radius 1 is 1.04 bits per heavy atom. The van der Waals surface area contributed by atoms with Crippen molar-refractivity contribution < 1.29 is 14.3 Å². The van der Waals surface area contributed by atoms with Gasteiger partial charge in [-0.25, -0.2) is 4.79 Å². The first-order valence-electron chi connectivity index (χ1n) is 8.09. The number of primary amides is 1. The fraction of sp³-hybridized carbons (Fsp3) is 0.263. The highest BCUT2D eigenvalue weighted by Crippen LogP contribution is 2.11. The molecular formula is C19H23N3O3. The summed E-state index contributed by atoms with van der Waals surface area (Å²) in [6.07, 6.45) is 1.07. The van der Waals surface area contributed by atoms with Crippen LogP contribution in [0.1, 0.15) is 11.1 Å². The van der Waals surface area contributed by atoms with Crippen LogP contribution >= 0.6 is 0 Å². The lowest BCUT2D eigenvalue weighted by molar-refractivity contribution is -0.122. The quantitative estimate of drug-likeness (QED) is 0.681. The van der Waals surface area contributed by atoms with Crippen molar-refractivity contribution in [2.24, 2.45) is 5.73 Å². The van der Waals surface area contributed by atoms with Crippen LogP contribution in [0, 0.1) is 0 Å². The molecule has 3 amide bonds. The van der Waals surface area contributed by atoms with Gasteiger partial charge < -0.3 is 21.1 Å². The highest BCUT2D eigenvalue weighted by Gasteiger charge is 2.19. The summed E-state index contributed by atoms with van der Waals surface area (Å²) in [6.45, 7) is 0.469. The topological polar surface area (TPSA) is 93.4 Å². The Morgan fingerprint density at radius 3 is 2.32 bits per heavy atom. The summed E-state index contributed by atoms with van der Waals surface area (Å²) in [5, 5.41) is 5.35. The molecule has 132 valence electrons. The SMILES string of the molecule is COc1ccc(CCNC(=O)[C@@H](Cc2ccccc2)NC(N)=O)cc1. The van der Waals surface area contributed by atoms with Crippen LogP contribution in [0.3, 0.4) is 0 Å². The van der Waals surface area contributed by atoms with E-state index in [4.69, 9.17) is 10.5 Å². The van der Waals surface area contributed by atoms with Crippen molar-refractivity contribution in [1.29, 1.82) is 0 Å². The second-order valence-electron chi connectivity index (χ2n) is 5.64. The lowest BCUT2D eigenvalue weighted by Crippen LogP contribution is -2.50. The van der Waals surface area contributed by atoms with Crippen LogP contribution in [0.4, 0.5) is 4.79 Å². The summed E-state index contributed by atoms with van der Waals surface area (Å²) in [5.74, 6) is 0.539. The van der Waals surface area contributed by atoms with Crippen LogP contribution in [-0.2, 0) is 17.6 Å². The molecule has 4 N–H and O–H groups in total. The Bertz CT molecular complexity index is 687. The van der Waals surface area contributed by atoms with Crippen molar-refractivity contribution in [1.82, 2.24) is 10.6 Å². The molecular weight excluding hydrogens is 318 g/mol. The first-order valence-corrected chi connectivity index (χ1v) is 8.09. The Labute approximate surface area is 147 Å². The van der Waals surface area contributed by atoms with Gasteiger partial charge in [0.2, 0.25) is 5.91 Å². The minimum atomic E-state index is -0.716. The molecule has 0 aromatic heterocycles. The third-order valence-electron chi connectivity index (χ3n) is 3.79. The summed E-state index contributed by atoms with van der Waals surface area (Å²) >= 11 is 0. The van der Waals surface area contributed by atoms with Gasteiger partial charge in [0.1, 0.15) is 11.8 Å². The predicted octanol–water partition coefficient (Wildman–Crippen LogP) is 1.63. The molecule has 0 heterocycles. The average Bonchev–Trinajstić information content (AvgIpc) is 2.62. The van der Waals surface area contributed by atoms with Gasteiger partial charge in [-0.05, 0) is 29.7 Å². The Morgan fingerprint density at radius 2 is 1.72 bits per heavy atom. The van der Waals surface area contributed by atoms with E-state index in [1.165, 1.54) is 0 Å². The van der Waals surface area contributed by atoms with Crippen LogP contribution in [-0.4, -0.2) is 31.6 Å². The zero-order valence-electron chi connectivity index (χ0n) is 14.2. The lowest BCUT2D eigenvalue weighted by atomic mass is 10.1. The number of rotatable bonds is 8. The number of nitrogens with one attached hydrogen (secondary N) is 2. The summed E-state index contributed by atoms with van der Waals surface area (Å²) in [5.41, 5.74) is 7.23. The molecule has 0 aliphatic rings. The van der Waals surface area contributed by atoms with Gasteiger partial charge >= 0.3 is 6.03 Å². The van der Waals surface area contributed by atoms with E-state index < -0.39 is 12.1 Å². The number of hydrogen-bond donors (Lipinski definition) is 3. The maximum atomic E-state index is 12.4. The first-order chi connectivity index (χ1) is 12.1. The third-order valence-corrected chi connectivity index (χ3v) is 3.79. The second kappa shape index (κ2) is 9.32. The number of methoxy groups -OCH3 is 1. The van der Waals surface area contributed by atoms with Crippen LogP contribution < -0.4 is 21.1 Å². The summed E-state index contributed by atoms with van der Waals surface area (Å²) in [4.78, 5) is 23.6. The number of urea groups is 1. The van der Waals surface area contributed by atoms with E-state index in [0.29, 0.717) is 19.4 Å². The number of amides is 3. The van der Waals surface area contributed by atoms with Crippen LogP contribution in [0.15, 0.2) is 54.6 Å². The number of carbonyl (C=O) groups excluding carboxylic acids is 2. The van der Waals surface area contributed by atoms with Gasteiger partial charge in [0.05, 0.1) is 7.11 Å². The van der Waals surface area contributed by atoms with E-state index in [-0.39, 0.29) is 5.91 Å². The number of ether oxygens (including phenoxy) is 1. The summed E-state index contributed by atoms with van der Waals surface area (Å²) in [6, 6.07) is 15.7. The van der Waals surface area contributed by atoms with Gasteiger partial charge in [-0.2, -0.15) is 0 Å². The second-order valence-corrected chi connectivity index (χ2v) is 5.64. The number of nitrogens with two attached hydrogens (primary N) is 1. The lowest BCUT2D eigenvalue weighted by Gasteiger charge is -2.17. The minimum absolute atomic E-state index is 0.254. The fourth-order valence-corrected chi connectivity index (χ4v) is 2.48. The largest absolute Gasteiger partial charge is 0.497 e. The molecule has 2 rings (SSSR count). The molecule has 0 unspecified atom stereocenters. The van der Waals surface area contributed by atoms with Gasteiger partial charge in [-0.15, -0.1) is 0 Å². The van der Waals surface area contributed by atoms with Crippen LogP contribution in [0.2, 0.25) is 0 Å². The standard InChI is InChI=1S/C19H23N3O3/c1-25-16-9-7-14(8-10-16)11-12-21-18(23)17(22-19(20)24)13-15-5-3-2-4-6-15/h2-10,17H,11-13H2,1H3,(H,21,23)(H3,20,22,24)/t17-/m1/s1. The Balaban J connectivity index is 1.88. The predicted molar refractivity (Wildman–Crippen MR) is 96.4 cm³/mol. The molecule has 0 aliphatic carbocycles. The van der Waals surface area contributed by atoms with Crippen molar-refractivity contribution in [2.75, 3.05) is 13.7 Å². The molecule has 0 saturated heterocycles. The van der Waals surface area contributed by atoms with E-state index in [1.54, 1.807) is 7.11 Å². The number of benzene rings is 2. The molecule has 6 heteroatoms. The first kappa shape index (κ1) is 18.3. The van der Waals surface area contributed by atoms with E-state index >= 15 is 0 Å².